The summed E-state index contributed by atoms with van der Waals surface area (Å²) in [4.78, 5) is 24.5. The number of nitrogens with zero attached hydrogens (tertiary/aromatic N) is 1. The molecule has 5 nitrogen and oxygen atoms in total. The van der Waals surface area contributed by atoms with Crippen LogP contribution < -0.4 is 4.74 Å². The summed E-state index contributed by atoms with van der Waals surface area (Å²) in [7, 11) is 1.57. The lowest BCUT2D eigenvalue weighted by atomic mass is 10.1. The molecule has 1 aromatic rings. The molecule has 5 heteroatoms. The summed E-state index contributed by atoms with van der Waals surface area (Å²) in [5.41, 5.74) is 0.834. The molecule has 1 aliphatic rings. The third kappa shape index (κ3) is 4.26. The molecule has 108 valence electrons. The summed E-state index contributed by atoms with van der Waals surface area (Å²) in [5.74, 6) is 0.0584. The van der Waals surface area contributed by atoms with Crippen LogP contribution in [0.1, 0.15) is 18.4 Å². The maximum Gasteiger partial charge on any atom is 0.323 e. The molecule has 0 unspecified atom stereocenters. The van der Waals surface area contributed by atoms with Crippen molar-refractivity contribution in [1.82, 2.24) is 4.90 Å². The van der Waals surface area contributed by atoms with Crippen LogP contribution in [0, 0.1) is 5.92 Å². The first-order valence-electron chi connectivity index (χ1n) is 6.71. The third-order valence-electron chi connectivity index (χ3n) is 3.34. The van der Waals surface area contributed by atoms with E-state index in [2.05, 4.69) is 0 Å². The van der Waals surface area contributed by atoms with Gasteiger partial charge in [-0.05, 0) is 36.5 Å². The van der Waals surface area contributed by atoms with Crippen LogP contribution in [0.4, 0.5) is 0 Å². The Morgan fingerprint density at radius 1 is 1.40 bits per heavy atom. The van der Waals surface area contributed by atoms with Gasteiger partial charge in [0.05, 0.1) is 13.5 Å². The van der Waals surface area contributed by atoms with E-state index in [-0.39, 0.29) is 18.9 Å². The molecule has 1 N–H and O–H groups in total. The molecule has 0 saturated heterocycles. The predicted octanol–water partition coefficient (Wildman–Crippen LogP) is 1.56. The van der Waals surface area contributed by atoms with Crippen molar-refractivity contribution in [1.29, 1.82) is 0 Å². The number of methoxy groups -OCH3 is 1. The molecule has 1 aliphatic carbocycles. The van der Waals surface area contributed by atoms with Gasteiger partial charge in [0.25, 0.3) is 0 Å². The number of hydrogen-bond acceptors (Lipinski definition) is 3. The summed E-state index contributed by atoms with van der Waals surface area (Å²) in [5, 5.41) is 8.90. The molecule has 2 rings (SSSR count). The van der Waals surface area contributed by atoms with Gasteiger partial charge in [0.2, 0.25) is 5.91 Å². The van der Waals surface area contributed by atoms with Gasteiger partial charge in [0, 0.05) is 6.54 Å². The zero-order valence-electron chi connectivity index (χ0n) is 11.5. The summed E-state index contributed by atoms with van der Waals surface area (Å²) < 4.78 is 5.12. The van der Waals surface area contributed by atoms with Gasteiger partial charge < -0.3 is 14.7 Å². The molecule has 0 aliphatic heterocycles. The van der Waals surface area contributed by atoms with Crippen LogP contribution in [-0.2, 0) is 16.0 Å². The average molecular weight is 277 g/mol. The second kappa shape index (κ2) is 6.41. The summed E-state index contributed by atoms with van der Waals surface area (Å²) in [6.45, 7) is 0.328. The van der Waals surface area contributed by atoms with Gasteiger partial charge in [0.15, 0.2) is 0 Å². The molecule has 20 heavy (non-hydrogen) atoms. The molecule has 1 aromatic carbocycles. The van der Waals surface area contributed by atoms with Gasteiger partial charge >= 0.3 is 5.97 Å². The van der Waals surface area contributed by atoms with Crippen LogP contribution >= 0.6 is 0 Å². The minimum absolute atomic E-state index is 0.146. The fourth-order valence-electron chi connectivity index (χ4n) is 2.10. The van der Waals surface area contributed by atoms with Crippen LogP contribution in [-0.4, -0.2) is 42.1 Å². The minimum Gasteiger partial charge on any atom is -0.497 e. The third-order valence-corrected chi connectivity index (χ3v) is 3.34. The standard InChI is InChI=1S/C15H19NO4/c1-20-13-4-2-3-12(7-13)8-14(17)16(10-15(18)19)9-11-5-6-11/h2-4,7,11H,5-6,8-10H2,1H3,(H,18,19). The lowest BCUT2D eigenvalue weighted by molar-refractivity contribution is -0.144. The SMILES string of the molecule is COc1cccc(CC(=O)N(CC(=O)O)CC2CC2)c1. The van der Waals surface area contributed by atoms with Gasteiger partial charge in [-0.3, -0.25) is 9.59 Å². The number of benzene rings is 1. The topological polar surface area (TPSA) is 66.8 Å². The fraction of sp³-hybridized carbons (Fsp3) is 0.467. The van der Waals surface area contributed by atoms with E-state index in [0.29, 0.717) is 18.2 Å². The molecule has 0 heterocycles. The van der Waals surface area contributed by atoms with E-state index in [0.717, 1.165) is 18.4 Å². The Hall–Kier alpha value is -2.04. The van der Waals surface area contributed by atoms with Crippen molar-refractivity contribution < 1.29 is 19.4 Å². The Balaban J connectivity index is 2.00. The molecule has 1 amide bonds. The molecule has 1 saturated carbocycles. The van der Waals surface area contributed by atoms with Crippen LogP contribution in [0.3, 0.4) is 0 Å². The van der Waals surface area contributed by atoms with Crippen LogP contribution in [0.5, 0.6) is 5.75 Å². The van der Waals surface area contributed by atoms with Crippen LogP contribution in [0.2, 0.25) is 0 Å². The molecular formula is C15H19NO4. The highest BCUT2D eigenvalue weighted by molar-refractivity contribution is 5.83. The predicted molar refractivity (Wildman–Crippen MR) is 73.6 cm³/mol. The molecule has 0 atom stereocenters. The van der Waals surface area contributed by atoms with Crippen molar-refractivity contribution in [3.8, 4) is 5.75 Å². The van der Waals surface area contributed by atoms with E-state index in [9.17, 15) is 9.59 Å². The van der Waals surface area contributed by atoms with E-state index < -0.39 is 5.97 Å². The second-order valence-electron chi connectivity index (χ2n) is 5.14. The van der Waals surface area contributed by atoms with Crippen LogP contribution in [0.25, 0.3) is 0 Å². The van der Waals surface area contributed by atoms with Crippen molar-refractivity contribution in [2.75, 3.05) is 20.2 Å². The van der Waals surface area contributed by atoms with Crippen molar-refractivity contribution in [2.45, 2.75) is 19.3 Å². The maximum atomic E-state index is 12.2. The second-order valence-corrected chi connectivity index (χ2v) is 5.14. The average Bonchev–Trinajstić information content (AvgIpc) is 3.21. The fourth-order valence-corrected chi connectivity index (χ4v) is 2.10. The highest BCUT2D eigenvalue weighted by Crippen LogP contribution is 2.29. The first-order valence-corrected chi connectivity index (χ1v) is 6.71. The van der Waals surface area contributed by atoms with E-state index in [1.54, 1.807) is 13.2 Å². The van der Waals surface area contributed by atoms with E-state index in [1.165, 1.54) is 4.90 Å². The Morgan fingerprint density at radius 2 is 2.15 bits per heavy atom. The Bertz CT molecular complexity index is 496. The van der Waals surface area contributed by atoms with Gasteiger partial charge in [-0.1, -0.05) is 12.1 Å². The lowest BCUT2D eigenvalue weighted by Gasteiger charge is -2.20. The number of aliphatic carboxylic acids is 1. The van der Waals surface area contributed by atoms with Gasteiger partial charge in [-0.25, -0.2) is 0 Å². The van der Waals surface area contributed by atoms with E-state index >= 15 is 0 Å². The smallest absolute Gasteiger partial charge is 0.323 e. The summed E-state index contributed by atoms with van der Waals surface area (Å²) in [6.07, 6.45) is 2.38. The van der Waals surface area contributed by atoms with E-state index in [1.807, 2.05) is 18.2 Å². The zero-order chi connectivity index (χ0) is 14.5. The number of carboxylic acid groups (broad SMARTS) is 1. The molecule has 1 fully saturated rings. The van der Waals surface area contributed by atoms with Crippen molar-refractivity contribution >= 4 is 11.9 Å². The monoisotopic (exact) mass is 277 g/mol. The number of carbonyl (C=O) groups is 2. The Morgan fingerprint density at radius 3 is 2.75 bits per heavy atom. The highest BCUT2D eigenvalue weighted by atomic mass is 16.5. The van der Waals surface area contributed by atoms with Crippen molar-refractivity contribution in [3.63, 3.8) is 0 Å². The minimum atomic E-state index is -0.968. The number of rotatable bonds is 7. The van der Waals surface area contributed by atoms with Gasteiger partial charge in [-0.15, -0.1) is 0 Å². The van der Waals surface area contributed by atoms with Crippen molar-refractivity contribution in [3.05, 3.63) is 29.8 Å². The zero-order valence-corrected chi connectivity index (χ0v) is 11.5. The van der Waals surface area contributed by atoms with Crippen LogP contribution in [0.15, 0.2) is 24.3 Å². The summed E-state index contributed by atoms with van der Waals surface area (Å²) in [6, 6.07) is 7.28. The molecular weight excluding hydrogens is 258 g/mol. The quantitative estimate of drug-likeness (QED) is 0.821. The number of amides is 1. The number of hydrogen-bond donors (Lipinski definition) is 1. The number of ether oxygens (including phenoxy) is 1. The van der Waals surface area contributed by atoms with Gasteiger partial charge in [0.1, 0.15) is 12.3 Å². The molecule has 0 radical (unpaired) electrons. The first kappa shape index (κ1) is 14.4. The maximum absolute atomic E-state index is 12.2. The van der Waals surface area contributed by atoms with Gasteiger partial charge in [-0.2, -0.15) is 0 Å². The number of carbonyl (C=O) groups excluding carboxylic acids is 1. The number of carboxylic acids is 1. The van der Waals surface area contributed by atoms with E-state index in [4.69, 9.17) is 9.84 Å². The molecule has 0 spiro atoms. The lowest BCUT2D eigenvalue weighted by Crippen LogP contribution is -2.38. The first-order chi connectivity index (χ1) is 9.58. The summed E-state index contributed by atoms with van der Waals surface area (Å²) >= 11 is 0. The molecule has 0 bridgehead atoms. The largest absolute Gasteiger partial charge is 0.497 e. The Kier molecular flexibility index (Phi) is 4.61. The molecule has 0 aromatic heterocycles. The normalized spacial score (nSPS) is 13.8. The van der Waals surface area contributed by atoms with Crippen molar-refractivity contribution in [2.24, 2.45) is 5.92 Å². The highest BCUT2D eigenvalue weighted by Gasteiger charge is 2.27. The Labute approximate surface area is 118 Å².